The number of hydrogen-bond donors (Lipinski definition) is 2. The number of nitrogens with zero attached hydrogens (tertiary/aromatic N) is 1. The predicted octanol–water partition coefficient (Wildman–Crippen LogP) is 1.35. The van der Waals surface area contributed by atoms with Crippen LogP contribution in [-0.2, 0) is 4.79 Å². The van der Waals surface area contributed by atoms with Crippen molar-refractivity contribution in [3.05, 3.63) is 0 Å². The van der Waals surface area contributed by atoms with Crippen molar-refractivity contribution in [1.82, 2.24) is 5.32 Å². The number of rotatable bonds is 3. The Morgan fingerprint density at radius 2 is 2.06 bits per heavy atom. The molecule has 2 N–H and O–H groups in total. The molecule has 0 saturated heterocycles. The molecule has 1 unspecified atom stereocenters. The molecule has 0 aromatic rings. The van der Waals surface area contributed by atoms with Crippen LogP contribution in [0.1, 0.15) is 46.0 Å². The van der Waals surface area contributed by atoms with Crippen molar-refractivity contribution in [2.24, 2.45) is 5.41 Å². The van der Waals surface area contributed by atoms with Crippen LogP contribution in [0.25, 0.3) is 0 Å². The van der Waals surface area contributed by atoms with Crippen LogP contribution < -0.4 is 5.32 Å². The van der Waals surface area contributed by atoms with Gasteiger partial charge in [-0.2, -0.15) is 5.26 Å². The Hall–Kier alpha value is -1.08. The Bertz CT molecular complexity index is 290. The number of amides is 1. The lowest BCUT2D eigenvalue weighted by atomic mass is 9.86. The van der Waals surface area contributed by atoms with E-state index in [4.69, 9.17) is 5.26 Å². The van der Waals surface area contributed by atoms with Gasteiger partial charge in [0.2, 0.25) is 5.91 Å². The van der Waals surface area contributed by atoms with E-state index in [2.05, 4.69) is 11.4 Å². The van der Waals surface area contributed by atoms with E-state index >= 15 is 0 Å². The number of nitrogens with one attached hydrogen (secondary N) is 1. The first-order valence-corrected chi connectivity index (χ1v) is 5.92. The number of nitriles is 1. The van der Waals surface area contributed by atoms with Crippen molar-refractivity contribution < 1.29 is 9.90 Å². The first-order valence-electron chi connectivity index (χ1n) is 5.92. The van der Waals surface area contributed by atoms with Crippen LogP contribution in [0.15, 0.2) is 0 Å². The average molecular weight is 224 g/mol. The van der Waals surface area contributed by atoms with Crippen molar-refractivity contribution in [1.29, 1.82) is 5.26 Å². The van der Waals surface area contributed by atoms with Gasteiger partial charge in [-0.15, -0.1) is 0 Å². The van der Waals surface area contributed by atoms with Gasteiger partial charge in [0.15, 0.2) is 0 Å². The molecule has 1 aliphatic rings. The molecular formula is C12H20N2O2. The van der Waals surface area contributed by atoms with Crippen molar-refractivity contribution in [2.75, 3.05) is 0 Å². The fraction of sp³-hybridized carbons (Fsp3) is 0.833. The second-order valence-electron chi connectivity index (χ2n) is 4.78. The summed E-state index contributed by atoms with van der Waals surface area (Å²) >= 11 is 0. The van der Waals surface area contributed by atoms with E-state index in [1.165, 1.54) is 0 Å². The summed E-state index contributed by atoms with van der Waals surface area (Å²) in [7, 11) is 0. The number of aliphatic hydroxyl groups is 1. The second kappa shape index (κ2) is 5.31. The second-order valence-corrected chi connectivity index (χ2v) is 4.78. The van der Waals surface area contributed by atoms with E-state index in [0.717, 1.165) is 25.7 Å². The van der Waals surface area contributed by atoms with E-state index in [-0.39, 0.29) is 18.1 Å². The van der Waals surface area contributed by atoms with Crippen LogP contribution in [0, 0.1) is 16.7 Å². The summed E-state index contributed by atoms with van der Waals surface area (Å²) in [5.41, 5.74) is -0.921. The molecule has 0 aromatic heterocycles. The third-order valence-corrected chi connectivity index (χ3v) is 3.49. The minimum atomic E-state index is -0.921. The van der Waals surface area contributed by atoms with E-state index in [9.17, 15) is 9.90 Å². The van der Waals surface area contributed by atoms with Gasteiger partial charge in [0.05, 0.1) is 12.2 Å². The molecule has 0 spiro atoms. The van der Waals surface area contributed by atoms with Gasteiger partial charge in [-0.3, -0.25) is 4.79 Å². The fourth-order valence-electron chi connectivity index (χ4n) is 1.86. The maximum Gasteiger partial charge on any atom is 0.240 e. The molecule has 1 atom stereocenters. The molecule has 90 valence electrons. The Morgan fingerprint density at radius 3 is 2.50 bits per heavy atom. The number of carbonyl (C=O) groups excluding carboxylic acids is 1. The Morgan fingerprint density at radius 1 is 1.50 bits per heavy atom. The summed E-state index contributed by atoms with van der Waals surface area (Å²) in [6.45, 7) is 3.51. The van der Waals surface area contributed by atoms with Gasteiger partial charge in [0, 0.05) is 6.04 Å². The minimum Gasteiger partial charge on any atom is -0.393 e. The molecule has 0 bridgehead atoms. The van der Waals surface area contributed by atoms with Crippen LogP contribution in [0.3, 0.4) is 0 Å². The van der Waals surface area contributed by atoms with E-state index in [0.29, 0.717) is 6.42 Å². The Balaban J connectivity index is 2.49. The fourth-order valence-corrected chi connectivity index (χ4v) is 1.86. The lowest BCUT2D eigenvalue weighted by Crippen LogP contribution is -2.45. The lowest BCUT2D eigenvalue weighted by molar-refractivity contribution is -0.128. The molecule has 1 saturated carbocycles. The third-order valence-electron chi connectivity index (χ3n) is 3.49. The molecule has 16 heavy (non-hydrogen) atoms. The van der Waals surface area contributed by atoms with E-state index in [1.807, 2.05) is 6.92 Å². The van der Waals surface area contributed by atoms with E-state index in [1.54, 1.807) is 6.92 Å². The highest BCUT2D eigenvalue weighted by molar-refractivity contribution is 5.85. The average Bonchev–Trinajstić information content (AvgIpc) is 2.31. The standard InChI is InChI=1S/C12H20N2O2/c1-3-12(2,8-13)11(16)14-9-4-6-10(15)7-5-9/h9-10,15H,3-7H2,1-2H3,(H,14,16). The van der Waals surface area contributed by atoms with Gasteiger partial charge in [-0.25, -0.2) is 0 Å². The van der Waals surface area contributed by atoms with Crippen molar-refractivity contribution >= 4 is 5.91 Å². The van der Waals surface area contributed by atoms with Crippen LogP contribution in [0.2, 0.25) is 0 Å². The maximum atomic E-state index is 11.9. The van der Waals surface area contributed by atoms with E-state index < -0.39 is 5.41 Å². The normalized spacial score (nSPS) is 28.9. The Labute approximate surface area is 96.6 Å². The molecule has 1 aliphatic carbocycles. The zero-order valence-corrected chi connectivity index (χ0v) is 9.99. The van der Waals surface area contributed by atoms with Crippen molar-refractivity contribution in [3.63, 3.8) is 0 Å². The van der Waals surface area contributed by atoms with Crippen LogP contribution in [0.5, 0.6) is 0 Å². The van der Waals surface area contributed by atoms with Crippen LogP contribution in [0.4, 0.5) is 0 Å². The molecule has 0 aromatic carbocycles. The summed E-state index contributed by atoms with van der Waals surface area (Å²) < 4.78 is 0. The number of carbonyl (C=O) groups is 1. The Kier molecular flexibility index (Phi) is 4.31. The zero-order chi connectivity index (χ0) is 12.2. The highest BCUT2D eigenvalue weighted by Crippen LogP contribution is 2.23. The SMILES string of the molecule is CCC(C)(C#N)C(=O)NC1CCC(O)CC1. The molecular weight excluding hydrogens is 204 g/mol. The van der Waals surface area contributed by atoms with Crippen LogP contribution in [-0.4, -0.2) is 23.2 Å². The first kappa shape index (κ1) is 13.0. The van der Waals surface area contributed by atoms with Gasteiger partial charge in [-0.1, -0.05) is 6.92 Å². The molecule has 0 radical (unpaired) electrons. The monoisotopic (exact) mass is 224 g/mol. The topological polar surface area (TPSA) is 73.1 Å². The predicted molar refractivity (Wildman–Crippen MR) is 60.4 cm³/mol. The number of hydrogen-bond acceptors (Lipinski definition) is 3. The van der Waals surface area contributed by atoms with Gasteiger partial charge >= 0.3 is 0 Å². The quantitative estimate of drug-likeness (QED) is 0.760. The largest absolute Gasteiger partial charge is 0.393 e. The van der Waals surface area contributed by atoms with Gasteiger partial charge < -0.3 is 10.4 Å². The van der Waals surface area contributed by atoms with Crippen LogP contribution >= 0.6 is 0 Å². The van der Waals surface area contributed by atoms with Crippen molar-refractivity contribution in [3.8, 4) is 6.07 Å². The smallest absolute Gasteiger partial charge is 0.240 e. The highest BCUT2D eigenvalue weighted by Gasteiger charge is 2.33. The summed E-state index contributed by atoms with van der Waals surface area (Å²) in [6.07, 6.45) is 3.38. The summed E-state index contributed by atoms with van der Waals surface area (Å²) in [6, 6.07) is 2.19. The first-order chi connectivity index (χ1) is 7.51. The maximum absolute atomic E-state index is 11.9. The molecule has 4 heteroatoms. The zero-order valence-electron chi connectivity index (χ0n) is 9.99. The lowest BCUT2D eigenvalue weighted by Gasteiger charge is -2.29. The summed E-state index contributed by atoms with van der Waals surface area (Å²) in [5, 5.41) is 21.2. The molecule has 1 fully saturated rings. The molecule has 1 rings (SSSR count). The molecule has 1 amide bonds. The minimum absolute atomic E-state index is 0.120. The molecule has 0 heterocycles. The molecule has 0 aliphatic heterocycles. The third kappa shape index (κ3) is 2.96. The highest BCUT2D eigenvalue weighted by atomic mass is 16.3. The van der Waals surface area contributed by atoms with Gasteiger partial charge in [-0.05, 0) is 39.0 Å². The van der Waals surface area contributed by atoms with Gasteiger partial charge in [0.1, 0.15) is 5.41 Å². The summed E-state index contributed by atoms with van der Waals surface area (Å²) in [5.74, 6) is -0.182. The number of aliphatic hydroxyl groups excluding tert-OH is 1. The molecule has 4 nitrogen and oxygen atoms in total. The van der Waals surface area contributed by atoms with Gasteiger partial charge in [0.25, 0.3) is 0 Å². The van der Waals surface area contributed by atoms with Crippen molar-refractivity contribution in [2.45, 2.75) is 58.1 Å². The summed E-state index contributed by atoms with van der Waals surface area (Å²) in [4.78, 5) is 11.9.